The maximum absolute atomic E-state index is 13.1. The van der Waals surface area contributed by atoms with Gasteiger partial charge in [0.05, 0.1) is 25.8 Å². The third-order valence-electron chi connectivity index (χ3n) is 5.32. The molecule has 0 aliphatic carbocycles. The summed E-state index contributed by atoms with van der Waals surface area (Å²) in [7, 11) is 3.02. The van der Waals surface area contributed by atoms with Crippen LogP contribution in [0.3, 0.4) is 0 Å². The number of amides is 1. The number of rotatable bonds is 5. The van der Waals surface area contributed by atoms with Crippen LogP contribution in [0, 0.1) is 0 Å². The lowest BCUT2D eigenvalue weighted by molar-refractivity contribution is -0.132. The van der Waals surface area contributed by atoms with Crippen LogP contribution in [0.25, 0.3) is 5.76 Å². The van der Waals surface area contributed by atoms with Gasteiger partial charge in [-0.15, -0.1) is 0 Å². The molecule has 1 atom stereocenters. The molecule has 0 radical (unpaired) electrons. The van der Waals surface area contributed by atoms with E-state index in [4.69, 9.17) is 21.1 Å². The number of nitrogens with zero attached hydrogens (tertiary/aromatic N) is 1. The van der Waals surface area contributed by atoms with Crippen LogP contribution in [0.15, 0.2) is 78.4 Å². The van der Waals surface area contributed by atoms with Gasteiger partial charge in [-0.25, -0.2) is 0 Å². The summed E-state index contributed by atoms with van der Waals surface area (Å²) < 4.78 is 10.7. The molecule has 0 unspecified atom stereocenters. The van der Waals surface area contributed by atoms with Crippen LogP contribution in [-0.4, -0.2) is 31.0 Å². The van der Waals surface area contributed by atoms with Crippen LogP contribution in [0.5, 0.6) is 11.5 Å². The summed E-state index contributed by atoms with van der Waals surface area (Å²) in [6.07, 6.45) is 0. The molecule has 32 heavy (non-hydrogen) atoms. The van der Waals surface area contributed by atoms with Crippen LogP contribution in [0.1, 0.15) is 17.2 Å². The zero-order valence-corrected chi connectivity index (χ0v) is 18.2. The maximum Gasteiger partial charge on any atom is 0.300 e. The summed E-state index contributed by atoms with van der Waals surface area (Å²) >= 11 is 6.02. The lowest BCUT2D eigenvalue weighted by atomic mass is 9.94. The molecule has 7 heteroatoms. The summed E-state index contributed by atoms with van der Waals surface area (Å²) in [6.45, 7) is 0. The van der Waals surface area contributed by atoms with E-state index in [-0.39, 0.29) is 11.3 Å². The fraction of sp³-hybridized carbons (Fsp3) is 0.120. The Hall–Kier alpha value is -3.77. The van der Waals surface area contributed by atoms with Gasteiger partial charge >= 0.3 is 0 Å². The Labute approximate surface area is 190 Å². The van der Waals surface area contributed by atoms with Crippen LogP contribution >= 0.6 is 11.6 Å². The molecule has 0 aromatic heterocycles. The van der Waals surface area contributed by atoms with Gasteiger partial charge in [0, 0.05) is 16.3 Å². The SMILES string of the molecule is COc1ccc([C@@H]2/C(=C(\O)c3ccccc3)C(=O)C(=O)N2c2ccc(Cl)cc2)cc1OC. The molecule has 1 amide bonds. The first kappa shape index (κ1) is 21.5. The molecule has 162 valence electrons. The smallest absolute Gasteiger partial charge is 0.300 e. The molecule has 0 spiro atoms. The Morgan fingerprint density at radius 2 is 1.56 bits per heavy atom. The lowest BCUT2D eigenvalue weighted by Gasteiger charge is -2.26. The van der Waals surface area contributed by atoms with Gasteiger partial charge in [-0.3, -0.25) is 14.5 Å². The molecular weight excluding hydrogens is 430 g/mol. The number of anilines is 1. The molecule has 0 saturated carbocycles. The van der Waals surface area contributed by atoms with Crippen LogP contribution in [-0.2, 0) is 9.59 Å². The number of ketones is 1. The second-order valence-corrected chi connectivity index (χ2v) is 7.56. The van der Waals surface area contributed by atoms with Crippen LogP contribution in [0.4, 0.5) is 5.69 Å². The Kier molecular flexibility index (Phi) is 5.88. The number of carbonyl (C=O) groups is 2. The minimum atomic E-state index is -0.879. The van der Waals surface area contributed by atoms with E-state index in [0.29, 0.717) is 33.3 Å². The summed E-state index contributed by atoms with van der Waals surface area (Å²) in [5.74, 6) is -0.833. The van der Waals surface area contributed by atoms with Crippen molar-refractivity contribution in [3.8, 4) is 11.5 Å². The van der Waals surface area contributed by atoms with E-state index >= 15 is 0 Å². The first-order chi connectivity index (χ1) is 15.5. The van der Waals surface area contributed by atoms with Crippen molar-refractivity contribution >= 4 is 34.7 Å². The third kappa shape index (κ3) is 3.69. The molecular formula is C25H20ClNO5. The molecule has 6 nitrogen and oxygen atoms in total. The second kappa shape index (κ2) is 8.77. The van der Waals surface area contributed by atoms with Crippen LogP contribution in [0.2, 0.25) is 5.02 Å². The number of methoxy groups -OCH3 is 2. The van der Waals surface area contributed by atoms with E-state index in [9.17, 15) is 14.7 Å². The predicted octanol–water partition coefficient (Wildman–Crippen LogP) is 4.98. The minimum Gasteiger partial charge on any atom is -0.507 e. The molecule has 4 rings (SSSR count). The van der Waals surface area contributed by atoms with Gasteiger partial charge in [0.2, 0.25) is 0 Å². The average molecular weight is 450 g/mol. The zero-order chi connectivity index (χ0) is 22.8. The highest BCUT2D eigenvalue weighted by molar-refractivity contribution is 6.51. The van der Waals surface area contributed by atoms with Gasteiger partial charge in [0.25, 0.3) is 11.7 Å². The van der Waals surface area contributed by atoms with Gasteiger partial charge in [-0.2, -0.15) is 0 Å². The van der Waals surface area contributed by atoms with Crippen molar-refractivity contribution in [1.29, 1.82) is 0 Å². The molecule has 1 fully saturated rings. The number of hydrogen-bond donors (Lipinski definition) is 1. The highest BCUT2D eigenvalue weighted by atomic mass is 35.5. The van der Waals surface area contributed by atoms with E-state index in [1.165, 1.54) is 19.1 Å². The van der Waals surface area contributed by atoms with E-state index in [0.717, 1.165) is 0 Å². The lowest BCUT2D eigenvalue weighted by Crippen LogP contribution is -2.29. The number of aliphatic hydroxyl groups excluding tert-OH is 1. The van der Waals surface area contributed by atoms with Gasteiger partial charge in [-0.05, 0) is 42.0 Å². The van der Waals surface area contributed by atoms with Crippen molar-refractivity contribution in [2.45, 2.75) is 6.04 Å². The second-order valence-electron chi connectivity index (χ2n) is 7.13. The van der Waals surface area contributed by atoms with Gasteiger partial charge in [0.15, 0.2) is 11.5 Å². The fourth-order valence-electron chi connectivity index (χ4n) is 3.79. The standard InChI is InChI=1S/C25H20ClNO5/c1-31-19-13-8-16(14-20(19)32-2)22-21(23(28)15-6-4-3-5-7-15)24(29)25(30)27(22)18-11-9-17(26)10-12-18/h3-14,22,28H,1-2H3/b23-21+/t22-/m1/s1. The molecule has 1 aliphatic heterocycles. The molecule has 0 bridgehead atoms. The van der Waals surface area contributed by atoms with E-state index < -0.39 is 17.7 Å². The number of aliphatic hydroxyl groups is 1. The number of Topliss-reactive ketones (excluding diaryl/α,β-unsaturated/α-hetero) is 1. The van der Waals surface area contributed by atoms with Crippen molar-refractivity contribution in [1.82, 2.24) is 0 Å². The Morgan fingerprint density at radius 1 is 0.906 bits per heavy atom. The van der Waals surface area contributed by atoms with E-state index in [1.54, 1.807) is 72.8 Å². The number of benzene rings is 3. The highest BCUT2D eigenvalue weighted by Crippen LogP contribution is 2.44. The van der Waals surface area contributed by atoms with E-state index in [2.05, 4.69) is 0 Å². The van der Waals surface area contributed by atoms with Crippen molar-refractivity contribution < 1.29 is 24.2 Å². The quantitative estimate of drug-likeness (QED) is 0.337. The van der Waals surface area contributed by atoms with E-state index in [1.807, 2.05) is 0 Å². The molecule has 1 aliphatic rings. The summed E-state index contributed by atoms with van der Waals surface area (Å²) in [6, 6.07) is 19.5. The largest absolute Gasteiger partial charge is 0.507 e. The molecule has 3 aromatic rings. The minimum absolute atomic E-state index is 0.0108. The number of carbonyl (C=O) groups excluding carboxylic acids is 2. The van der Waals surface area contributed by atoms with Crippen molar-refractivity contribution in [2.24, 2.45) is 0 Å². The summed E-state index contributed by atoms with van der Waals surface area (Å²) in [4.78, 5) is 27.6. The van der Waals surface area contributed by atoms with Gasteiger partial charge < -0.3 is 14.6 Å². The number of ether oxygens (including phenoxy) is 2. The average Bonchev–Trinajstić information content (AvgIpc) is 3.09. The van der Waals surface area contributed by atoms with Crippen molar-refractivity contribution in [2.75, 3.05) is 19.1 Å². The van der Waals surface area contributed by atoms with Gasteiger partial charge in [0.1, 0.15) is 5.76 Å². The summed E-state index contributed by atoms with van der Waals surface area (Å²) in [5.41, 5.74) is 1.48. The Bertz CT molecular complexity index is 1200. The fourth-order valence-corrected chi connectivity index (χ4v) is 3.92. The first-order valence-corrected chi connectivity index (χ1v) is 10.2. The number of halogens is 1. The van der Waals surface area contributed by atoms with Crippen molar-refractivity contribution in [3.05, 3.63) is 94.5 Å². The molecule has 3 aromatic carbocycles. The van der Waals surface area contributed by atoms with Crippen LogP contribution < -0.4 is 14.4 Å². The Morgan fingerprint density at radius 3 is 2.19 bits per heavy atom. The predicted molar refractivity (Wildman–Crippen MR) is 122 cm³/mol. The normalized spacial score (nSPS) is 17.5. The first-order valence-electron chi connectivity index (χ1n) is 9.80. The highest BCUT2D eigenvalue weighted by Gasteiger charge is 2.47. The Balaban J connectivity index is 1.96. The molecule has 1 N–H and O–H groups in total. The molecule has 1 saturated heterocycles. The third-order valence-corrected chi connectivity index (χ3v) is 5.57. The maximum atomic E-state index is 13.1. The summed E-state index contributed by atoms with van der Waals surface area (Å²) in [5, 5.41) is 11.6. The monoisotopic (exact) mass is 449 g/mol. The zero-order valence-electron chi connectivity index (χ0n) is 17.4. The van der Waals surface area contributed by atoms with Crippen molar-refractivity contribution in [3.63, 3.8) is 0 Å². The topological polar surface area (TPSA) is 76.1 Å². The van der Waals surface area contributed by atoms with Gasteiger partial charge in [-0.1, -0.05) is 48.0 Å². The number of hydrogen-bond acceptors (Lipinski definition) is 5. The molecule has 1 heterocycles.